The molecule has 0 rings (SSSR count). The second-order valence-corrected chi connectivity index (χ2v) is 10.7. The van der Waals surface area contributed by atoms with Crippen molar-refractivity contribution in [3.63, 3.8) is 0 Å². The highest BCUT2D eigenvalue weighted by atomic mass is 35.5. The van der Waals surface area contributed by atoms with E-state index >= 15 is 0 Å². The van der Waals surface area contributed by atoms with E-state index in [1.807, 2.05) is 0 Å². The monoisotopic (exact) mass is 325 g/mol. The molecule has 0 amide bonds. The maximum atomic E-state index is 11.6. The maximum Gasteiger partial charge on any atom is 0.182 e. The zero-order valence-corrected chi connectivity index (χ0v) is 13.2. The van der Waals surface area contributed by atoms with Crippen molar-refractivity contribution in [2.24, 2.45) is 0 Å². The number of hydrogen-bond acceptors (Lipinski definition) is 5. The van der Waals surface area contributed by atoms with Crippen LogP contribution in [0.2, 0.25) is 0 Å². The molecule has 0 saturated heterocycles. The predicted octanol–water partition coefficient (Wildman–Crippen LogP) is 1.27. The van der Waals surface area contributed by atoms with Gasteiger partial charge in [0, 0.05) is 0 Å². The first-order chi connectivity index (χ1) is 7.44. The fourth-order valence-electron chi connectivity index (χ4n) is 1.08. The van der Waals surface area contributed by atoms with Crippen molar-refractivity contribution >= 4 is 42.9 Å². The lowest BCUT2D eigenvalue weighted by Gasteiger charge is -2.22. The van der Waals surface area contributed by atoms with Crippen LogP contribution < -0.4 is 5.32 Å². The molecule has 9 heteroatoms. The van der Waals surface area contributed by atoms with E-state index in [0.717, 1.165) is 0 Å². The van der Waals surface area contributed by atoms with Gasteiger partial charge < -0.3 is 0 Å². The molecule has 0 aromatic carbocycles. The van der Waals surface area contributed by atoms with Gasteiger partial charge in [0.25, 0.3) is 0 Å². The molecule has 17 heavy (non-hydrogen) atoms. The van der Waals surface area contributed by atoms with Crippen molar-refractivity contribution in [3.8, 4) is 0 Å². The Bertz CT molecular complexity index is 402. The Morgan fingerprint density at radius 1 is 0.765 bits per heavy atom. The summed E-state index contributed by atoms with van der Waals surface area (Å²) in [5.74, 6) is 0. The molecule has 0 fully saturated rings. The van der Waals surface area contributed by atoms with E-state index in [2.05, 4.69) is 5.32 Å². The fraction of sp³-hybridized carbons (Fsp3) is 1.00. The summed E-state index contributed by atoms with van der Waals surface area (Å²) in [5.41, 5.74) is 0. The normalized spacial score (nSPS) is 20.6. The van der Waals surface area contributed by atoms with Crippen LogP contribution in [0, 0.1) is 0 Å². The lowest BCUT2D eigenvalue weighted by molar-refractivity contribution is 0.533. The molecule has 4 unspecified atom stereocenters. The van der Waals surface area contributed by atoms with E-state index in [4.69, 9.17) is 23.2 Å². The topological polar surface area (TPSA) is 80.3 Å². The molecule has 104 valence electrons. The molecule has 0 aromatic heterocycles. The van der Waals surface area contributed by atoms with Gasteiger partial charge in [-0.25, -0.2) is 16.8 Å². The third-order valence-electron chi connectivity index (χ3n) is 2.36. The van der Waals surface area contributed by atoms with E-state index in [1.165, 1.54) is 27.7 Å². The molecule has 0 aliphatic carbocycles. The van der Waals surface area contributed by atoms with E-state index in [0.29, 0.717) is 0 Å². The Hall–Kier alpha value is 0.440. The van der Waals surface area contributed by atoms with Crippen LogP contribution in [-0.2, 0) is 19.7 Å². The maximum absolute atomic E-state index is 11.6. The second-order valence-electron chi connectivity index (χ2n) is 3.72. The summed E-state index contributed by atoms with van der Waals surface area (Å²) in [6, 6.07) is 0. The van der Waals surface area contributed by atoms with Gasteiger partial charge in [-0.05, 0) is 27.7 Å². The second kappa shape index (κ2) is 6.06. The lowest BCUT2D eigenvalue weighted by Crippen LogP contribution is -2.46. The molecule has 4 atom stereocenters. The highest BCUT2D eigenvalue weighted by molar-refractivity contribution is 7.94. The summed E-state index contributed by atoms with van der Waals surface area (Å²) in [6.45, 7) is 5.33. The largest absolute Gasteiger partial charge is 0.285 e. The Balaban J connectivity index is 4.91. The highest BCUT2D eigenvalue weighted by Crippen LogP contribution is 2.15. The Morgan fingerprint density at radius 3 is 1.18 bits per heavy atom. The van der Waals surface area contributed by atoms with E-state index in [-0.39, 0.29) is 0 Å². The summed E-state index contributed by atoms with van der Waals surface area (Å²) >= 11 is 11.0. The van der Waals surface area contributed by atoms with Crippen LogP contribution >= 0.6 is 23.2 Å². The van der Waals surface area contributed by atoms with Crippen molar-refractivity contribution in [1.82, 2.24) is 5.32 Å². The van der Waals surface area contributed by atoms with Crippen molar-refractivity contribution in [2.75, 3.05) is 0 Å². The summed E-state index contributed by atoms with van der Waals surface area (Å²) in [7, 11) is -7.22. The predicted molar refractivity (Wildman–Crippen MR) is 70.5 cm³/mol. The molecule has 0 saturated carbocycles. The average molecular weight is 326 g/mol. The van der Waals surface area contributed by atoms with Gasteiger partial charge in [-0.2, -0.15) is 0 Å². The first-order valence-corrected chi connectivity index (χ1v) is 9.02. The van der Waals surface area contributed by atoms with Crippen LogP contribution in [0.3, 0.4) is 0 Å². The minimum absolute atomic E-state index is 1.06. The molecule has 0 heterocycles. The van der Waals surface area contributed by atoms with Gasteiger partial charge in [-0.3, -0.25) is 5.32 Å². The zero-order chi connectivity index (χ0) is 14.0. The molecule has 1 N–H and O–H groups in total. The van der Waals surface area contributed by atoms with Crippen molar-refractivity contribution in [1.29, 1.82) is 0 Å². The van der Waals surface area contributed by atoms with Crippen LogP contribution in [0.5, 0.6) is 0 Å². The first-order valence-electron chi connectivity index (χ1n) is 4.93. The van der Waals surface area contributed by atoms with E-state index < -0.39 is 39.8 Å². The van der Waals surface area contributed by atoms with Crippen LogP contribution in [0.1, 0.15) is 27.7 Å². The number of nitrogens with one attached hydrogen (secondary N) is 1. The molecule has 5 nitrogen and oxygen atoms in total. The molecular formula is C8H17Cl2NO4S2. The standard InChI is InChI=1S/C8H17Cl2NO4S2/c1-5(9)16(12,13)7(3)11-8(4)17(14,15)6(2)10/h5-8,11H,1-4H3. The van der Waals surface area contributed by atoms with Gasteiger partial charge in [0.2, 0.25) is 0 Å². The van der Waals surface area contributed by atoms with Crippen LogP contribution in [-0.4, -0.2) is 37.0 Å². The Kier molecular flexibility index (Phi) is 6.21. The van der Waals surface area contributed by atoms with Crippen LogP contribution in [0.25, 0.3) is 0 Å². The summed E-state index contributed by atoms with van der Waals surface area (Å²) in [4.78, 5) is 0. The Morgan fingerprint density at radius 2 is 1.00 bits per heavy atom. The molecule has 0 aromatic rings. The van der Waals surface area contributed by atoms with Crippen molar-refractivity contribution in [3.05, 3.63) is 0 Å². The van der Waals surface area contributed by atoms with E-state index in [1.54, 1.807) is 0 Å². The van der Waals surface area contributed by atoms with Crippen LogP contribution in [0.15, 0.2) is 0 Å². The molecule has 0 radical (unpaired) electrons. The molecule has 0 bridgehead atoms. The number of alkyl halides is 2. The SMILES string of the molecule is CC(Cl)S(=O)(=O)C(C)NC(C)S(=O)(=O)C(C)Cl. The summed E-state index contributed by atoms with van der Waals surface area (Å²) < 4.78 is 44.4. The van der Waals surface area contributed by atoms with Gasteiger partial charge in [-0.1, -0.05) is 0 Å². The minimum Gasteiger partial charge on any atom is -0.285 e. The minimum atomic E-state index is -3.61. The zero-order valence-electron chi connectivity index (χ0n) is 10.0. The third-order valence-corrected chi connectivity index (χ3v) is 7.90. The van der Waals surface area contributed by atoms with Gasteiger partial charge in [-0.15, -0.1) is 23.2 Å². The summed E-state index contributed by atoms with van der Waals surface area (Å²) in [6.07, 6.45) is 0. The molecule has 0 aliphatic heterocycles. The molecule has 0 aliphatic rings. The smallest absolute Gasteiger partial charge is 0.182 e. The van der Waals surface area contributed by atoms with Crippen molar-refractivity contribution < 1.29 is 16.8 Å². The first kappa shape index (κ1) is 17.4. The number of halogens is 2. The van der Waals surface area contributed by atoms with Gasteiger partial charge in [0.05, 0.1) is 0 Å². The number of sulfone groups is 2. The summed E-state index contributed by atoms with van der Waals surface area (Å²) in [5, 5.41) is 0.358. The average Bonchev–Trinajstić information content (AvgIpc) is 2.16. The Labute approximate surface area is 113 Å². The lowest BCUT2D eigenvalue weighted by atomic mass is 10.6. The van der Waals surface area contributed by atoms with Crippen LogP contribution in [0.4, 0.5) is 0 Å². The fourth-order valence-corrected chi connectivity index (χ4v) is 4.01. The highest BCUT2D eigenvalue weighted by Gasteiger charge is 2.32. The van der Waals surface area contributed by atoms with Gasteiger partial charge in [0.1, 0.15) is 20.2 Å². The number of hydrogen-bond donors (Lipinski definition) is 1. The van der Waals surface area contributed by atoms with E-state index in [9.17, 15) is 16.8 Å². The quantitative estimate of drug-likeness (QED) is 0.744. The third kappa shape index (κ3) is 4.24. The van der Waals surface area contributed by atoms with Gasteiger partial charge in [0.15, 0.2) is 19.7 Å². The number of rotatable bonds is 6. The van der Waals surface area contributed by atoms with Gasteiger partial charge >= 0.3 is 0 Å². The molecular weight excluding hydrogens is 309 g/mol. The van der Waals surface area contributed by atoms with Crippen molar-refractivity contribution in [2.45, 2.75) is 47.9 Å². The molecule has 0 spiro atoms.